The summed E-state index contributed by atoms with van der Waals surface area (Å²) in [5, 5.41) is 1.98. The number of nitrogens with zero attached hydrogens (tertiary/aromatic N) is 1. The SMILES string of the molecule is Cc1ccsc1CNS(=O)(=O)N1CCC(CN)CC1. The van der Waals surface area contributed by atoms with Crippen molar-refractivity contribution in [2.24, 2.45) is 11.7 Å². The second-order valence-electron chi connectivity index (χ2n) is 4.93. The lowest BCUT2D eigenvalue weighted by Crippen LogP contribution is -2.45. The van der Waals surface area contributed by atoms with Crippen molar-refractivity contribution >= 4 is 21.5 Å². The highest BCUT2D eigenvalue weighted by molar-refractivity contribution is 7.87. The number of piperidine rings is 1. The van der Waals surface area contributed by atoms with Gasteiger partial charge in [0.25, 0.3) is 10.2 Å². The Bertz CT molecular complexity index is 505. The minimum absolute atomic E-state index is 0.378. The maximum absolute atomic E-state index is 12.2. The van der Waals surface area contributed by atoms with E-state index < -0.39 is 10.2 Å². The van der Waals surface area contributed by atoms with Gasteiger partial charge in [-0.15, -0.1) is 11.3 Å². The summed E-state index contributed by atoms with van der Waals surface area (Å²) in [5.74, 6) is 0.464. The first kappa shape index (κ1) is 14.9. The fourth-order valence-electron chi connectivity index (χ4n) is 2.22. The monoisotopic (exact) mass is 303 g/mol. The van der Waals surface area contributed by atoms with E-state index in [-0.39, 0.29) is 0 Å². The summed E-state index contributed by atoms with van der Waals surface area (Å²) < 4.78 is 28.6. The molecule has 1 aliphatic rings. The van der Waals surface area contributed by atoms with Gasteiger partial charge in [-0.05, 0) is 49.2 Å². The van der Waals surface area contributed by atoms with Crippen molar-refractivity contribution in [3.8, 4) is 0 Å². The van der Waals surface area contributed by atoms with Crippen molar-refractivity contribution in [1.29, 1.82) is 0 Å². The molecule has 3 N–H and O–H groups in total. The lowest BCUT2D eigenvalue weighted by atomic mass is 9.99. The van der Waals surface area contributed by atoms with E-state index in [9.17, 15) is 8.42 Å². The van der Waals surface area contributed by atoms with Crippen LogP contribution in [0.3, 0.4) is 0 Å². The molecule has 0 aliphatic carbocycles. The number of nitrogens with one attached hydrogen (secondary N) is 1. The lowest BCUT2D eigenvalue weighted by molar-refractivity contribution is 0.276. The van der Waals surface area contributed by atoms with Crippen molar-refractivity contribution in [2.75, 3.05) is 19.6 Å². The van der Waals surface area contributed by atoms with Crippen LogP contribution in [0.25, 0.3) is 0 Å². The summed E-state index contributed by atoms with van der Waals surface area (Å²) in [6.45, 7) is 4.16. The van der Waals surface area contributed by atoms with Crippen molar-refractivity contribution in [3.05, 3.63) is 21.9 Å². The predicted molar refractivity (Wildman–Crippen MR) is 78.2 cm³/mol. The van der Waals surface area contributed by atoms with Gasteiger partial charge in [-0.1, -0.05) is 0 Å². The highest BCUT2D eigenvalue weighted by Crippen LogP contribution is 2.19. The van der Waals surface area contributed by atoms with Gasteiger partial charge in [-0.25, -0.2) is 0 Å². The minimum Gasteiger partial charge on any atom is -0.330 e. The molecule has 2 rings (SSSR count). The van der Waals surface area contributed by atoms with Crippen LogP contribution in [0.15, 0.2) is 11.4 Å². The number of hydrogen-bond acceptors (Lipinski definition) is 4. The molecule has 0 bridgehead atoms. The fraction of sp³-hybridized carbons (Fsp3) is 0.667. The molecule has 7 heteroatoms. The Kier molecular flexibility index (Phi) is 4.97. The van der Waals surface area contributed by atoms with Crippen molar-refractivity contribution in [3.63, 3.8) is 0 Å². The van der Waals surface area contributed by atoms with Crippen LogP contribution in [0.5, 0.6) is 0 Å². The van der Waals surface area contributed by atoms with Crippen molar-refractivity contribution in [1.82, 2.24) is 9.03 Å². The number of thiophene rings is 1. The number of rotatable bonds is 5. The van der Waals surface area contributed by atoms with Crippen LogP contribution in [0.1, 0.15) is 23.3 Å². The second-order valence-corrected chi connectivity index (χ2v) is 7.69. The van der Waals surface area contributed by atoms with Crippen LogP contribution in [0, 0.1) is 12.8 Å². The van der Waals surface area contributed by atoms with Gasteiger partial charge in [0.1, 0.15) is 0 Å². The van der Waals surface area contributed by atoms with Crippen LogP contribution < -0.4 is 10.5 Å². The summed E-state index contributed by atoms with van der Waals surface area (Å²) in [6, 6.07) is 2.00. The first-order valence-electron chi connectivity index (χ1n) is 6.50. The van der Waals surface area contributed by atoms with E-state index in [2.05, 4.69) is 4.72 Å². The third kappa shape index (κ3) is 3.76. The largest absolute Gasteiger partial charge is 0.330 e. The third-order valence-electron chi connectivity index (χ3n) is 3.63. The normalized spacial score (nSPS) is 18.8. The smallest absolute Gasteiger partial charge is 0.279 e. The molecule has 5 nitrogen and oxygen atoms in total. The predicted octanol–water partition coefficient (Wildman–Crippen LogP) is 1.06. The Morgan fingerprint density at radius 2 is 2.16 bits per heavy atom. The summed E-state index contributed by atoms with van der Waals surface area (Å²) in [6.07, 6.45) is 1.71. The van der Waals surface area contributed by atoms with E-state index in [4.69, 9.17) is 5.73 Å². The second kappa shape index (κ2) is 6.32. The van der Waals surface area contributed by atoms with E-state index in [1.165, 1.54) is 4.31 Å². The minimum atomic E-state index is -3.36. The van der Waals surface area contributed by atoms with Crippen LogP contribution in [-0.2, 0) is 16.8 Å². The molecule has 108 valence electrons. The van der Waals surface area contributed by atoms with Gasteiger partial charge in [0.15, 0.2) is 0 Å². The van der Waals surface area contributed by atoms with E-state index >= 15 is 0 Å². The highest BCUT2D eigenvalue weighted by Gasteiger charge is 2.27. The average Bonchev–Trinajstić information content (AvgIpc) is 2.82. The molecule has 0 aromatic carbocycles. The molecule has 0 atom stereocenters. The van der Waals surface area contributed by atoms with E-state index in [0.717, 1.165) is 23.3 Å². The molecule has 1 aromatic heterocycles. The van der Waals surface area contributed by atoms with Gasteiger partial charge in [0.2, 0.25) is 0 Å². The number of hydrogen-bond donors (Lipinski definition) is 2. The quantitative estimate of drug-likeness (QED) is 0.854. The average molecular weight is 303 g/mol. The Morgan fingerprint density at radius 1 is 1.47 bits per heavy atom. The Labute approximate surface area is 119 Å². The Balaban J connectivity index is 1.90. The molecular formula is C12H21N3O2S2. The molecule has 1 fully saturated rings. The first-order valence-corrected chi connectivity index (χ1v) is 8.82. The van der Waals surface area contributed by atoms with Gasteiger partial charge in [-0.3, -0.25) is 0 Å². The molecule has 1 aliphatic heterocycles. The van der Waals surface area contributed by atoms with Gasteiger partial charge in [-0.2, -0.15) is 17.4 Å². The standard InChI is InChI=1S/C12H21N3O2S2/c1-10-4-7-18-12(10)9-14-19(16,17)15-5-2-11(8-13)3-6-15/h4,7,11,14H,2-3,5-6,8-9,13H2,1H3. The highest BCUT2D eigenvalue weighted by atomic mass is 32.2. The summed E-state index contributed by atoms with van der Waals surface area (Å²) in [4.78, 5) is 1.07. The van der Waals surface area contributed by atoms with E-state index in [1.54, 1.807) is 11.3 Å². The molecule has 0 spiro atoms. The van der Waals surface area contributed by atoms with E-state index in [0.29, 0.717) is 32.1 Å². The first-order chi connectivity index (χ1) is 9.03. The molecule has 1 aromatic rings. The molecule has 0 unspecified atom stereocenters. The zero-order valence-electron chi connectivity index (χ0n) is 11.1. The molecule has 2 heterocycles. The van der Waals surface area contributed by atoms with Crippen molar-refractivity contribution < 1.29 is 8.42 Å². The molecule has 1 saturated heterocycles. The van der Waals surface area contributed by atoms with E-state index in [1.807, 2.05) is 18.4 Å². The maximum atomic E-state index is 12.2. The molecular weight excluding hydrogens is 282 g/mol. The molecule has 0 radical (unpaired) electrons. The van der Waals surface area contributed by atoms with Crippen LogP contribution in [0.4, 0.5) is 0 Å². The summed E-state index contributed by atoms with van der Waals surface area (Å²) in [5.41, 5.74) is 6.75. The van der Waals surface area contributed by atoms with Gasteiger partial charge >= 0.3 is 0 Å². The summed E-state index contributed by atoms with van der Waals surface area (Å²) in [7, 11) is -3.36. The number of nitrogens with two attached hydrogens (primary N) is 1. The Morgan fingerprint density at radius 3 is 2.68 bits per heavy atom. The number of aryl methyl sites for hydroxylation is 1. The third-order valence-corrected chi connectivity index (χ3v) is 6.21. The van der Waals surface area contributed by atoms with Gasteiger partial charge in [0.05, 0.1) is 0 Å². The van der Waals surface area contributed by atoms with Crippen LogP contribution in [-0.4, -0.2) is 32.4 Å². The van der Waals surface area contributed by atoms with Gasteiger partial charge in [0, 0.05) is 24.5 Å². The molecule has 19 heavy (non-hydrogen) atoms. The van der Waals surface area contributed by atoms with Crippen LogP contribution >= 0.6 is 11.3 Å². The fourth-order valence-corrected chi connectivity index (χ4v) is 4.36. The zero-order chi connectivity index (χ0) is 13.9. The van der Waals surface area contributed by atoms with Crippen LogP contribution in [0.2, 0.25) is 0 Å². The topological polar surface area (TPSA) is 75.4 Å². The maximum Gasteiger partial charge on any atom is 0.279 e. The zero-order valence-corrected chi connectivity index (χ0v) is 12.8. The Hall–Kier alpha value is -0.470. The molecule has 0 amide bonds. The van der Waals surface area contributed by atoms with Crippen molar-refractivity contribution in [2.45, 2.75) is 26.3 Å². The molecule has 0 saturated carbocycles. The lowest BCUT2D eigenvalue weighted by Gasteiger charge is -2.30. The summed E-state index contributed by atoms with van der Waals surface area (Å²) >= 11 is 1.58. The van der Waals surface area contributed by atoms with Gasteiger partial charge < -0.3 is 5.73 Å².